The first-order valence-electron chi connectivity index (χ1n) is 8.63. The molecule has 2 amide bonds. The van der Waals surface area contributed by atoms with Crippen molar-refractivity contribution in [2.45, 2.75) is 25.8 Å². The highest BCUT2D eigenvalue weighted by molar-refractivity contribution is 5.98. The van der Waals surface area contributed by atoms with Gasteiger partial charge in [0.25, 0.3) is 5.91 Å². The quantitative estimate of drug-likeness (QED) is 0.817. The Morgan fingerprint density at radius 1 is 1.12 bits per heavy atom. The Balaban J connectivity index is 0.00000243. The van der Waals surface area contributed by atoms with Crippen molar-refractivity contribution in [3.05, 3.63) is 65.2 Å². The van der Waals surface area contributed by atoms with Gasteiger partial charge in [0.2, 0.25) is 5.91 Å². The number of aryl methyl sites for hydroxylation is 1. The molecule has 5 nitrogen and oxygen atoms in total. The topological polar surface area (TPSA) is 75.4 Å². The van der Waals surface area contributed by atoms with Gasteiger partial charge in [0, 0.05) is 30.8 Å². The number of carbonyl (C=O) groups is 2. The summed E-state index contributed by atoms with van der Waals surface area (Å²) >= 11 is 0. The van der Waals surface area contributed by atoms with Gasteiger partial charge in [-0.1, -0.05) is 30.3 Å². The number of hydrogen-bond donors (Lipinski definition) is 2. The number of hydrogen-bond acceptors (Lipinski definition) is 3. The van der Waals surface area contributed by atoms with Crippen LogP contribution < -0.4 is 11.1 Å². The van der Waals surface area contributed by atoms with Crippen molar-refractivity contribution in [1.29, 1.82) is 0 Å². The minimum atomic E-state index is -0.00277. The Morgan fingerprint density at radius 3 is 2.62 bits per heavy atom. The fourth-order valence-electron chi connectivity index (χ4n) is 3.04. The van der Waals surface area contributed by atoms with Gasteiger partial charge in [0.1, 0.15) is 0 Å². The Bertz CT molecular complexity index is 765. The number of carbonyl (C=O) groups excluding carboxylic acids is 2. The van der Waals surface area contributed by atoms with E-state index in [1.54, 1.807) is 6.07 Å². The first kappa shape index (κ1) is 19.9. The Morgan fingerprint density at radius 2 is 1.88 bits per heavy atom. The van der Waals surface area contributed by atoms with E-state index in [2.05, 4.69) is 5.32 Å². The molecule has 0 unspecified atom stereocenters. The van der Waals surface area contributed by atoms with Crippen molar-refractivity contribution in [2.24, 2.45) is 5.73 Å². The highest BCUT2D eigenvalue weighted by Gasteiger charge is 2.20. The van der Waals surface area contributed by atoms with E-state index in [4.69, 9.17) is 5.73 Å². The summed E-state index contributed by atoms with van der Waals surface area (Å²) in [4.78, 5) is 26.3. The lowest BCUT2D eigenvalue weighted by Gasteiger charge is -2.24. The molecular formula is C20H24ClN3O2. The zero-order valence-corrected chi connectivity index (χ0v) is 15.4. The molecule has 3 rings (SSSR count). The fraction of sp³-hybridized carbons (Fsp3) is 0.300. The third-order valence-electron chi connectivity index (χ3n) is 4.38. The van der Waals surface area contributed by atoms with Crippen molar-refractivity contribution in [1.82, 2.24) is 4.90 Å². The molecule has 1 aliphatic rings. The van der Waals surface area contributed by atoms with Crippen LogP contribution in [0.15, 0.2) is 48.5 Å². The van der Waals surface area contributed by atoms with E-state index in [0.29, 0.717) is 38.0 Å². The van der Waals surface area contributed by atoms with Crippen molar-refractivity contribution < 1.29 is 9.59 Å². The molecule has 0 spiro atoms. The summed E-state index contributed by atoms with van der Waals surface area (Å²) in [7, 11) is 0. The van der Waals surface area contributed by atoms with Crippen LogP contribution in [0.1, 0.15) is 34.3 Å². The molecule has 1 heterocycles. The Labute approximate surface area is 160 Å². The molecule has 0 atom stereocenters. The van der Waals surface area contributed by atoms with E-state index in [1.807, 2.05) is 47.4 Å². The lowest BCUT2D eigenvalue weighted by Crippen LogP contribution is -2.32. The molecule has 0 saturated heterocycles. The Kier molecular flexibility index (Phi) is 7.18. The number of halogens is 1. The number of benzene rings is 2. The minimum Gasteiger partial charge on any atom is -0.334 e. The smallest absolute Gasteiger partial charge is 0.254 e. The third kappa shape index (κ3) is 4.84. The zero-order chi connectivity index (χ0) is 17.6. The van der Waals surface area contributed by atoms with Gasteiger partial charge in [-0.15, -0.1) is 12.4 Å². The molecule has 0 radical (unpaired) electrons. The maximum absolute atomic E-state index is 13.0. The van der Waals surface area contributed by atoms with Crippen LogP contribution >= 0.6 is 12.4 Å². The van der Waals surface area contributed by atoms with Crippen molar-refractivity contribution in [2.75, 3.05) is 18.4 Å². The summed E-state index contributed by atoms with van der Waals surface area (Å²) in [5.74, 6) is 0.0252. The van der Waals surface area contributed by atoms with Gasteiger partial charge >= 0.3 is 0 Å². The molecule has 2 aromatic carbocycles. The van der Waals surface area contributed by atoms with Crippen molar-refractivity contribution in [3.63, 3.8) is 0 Å². The van der Waals surface area contributed by atoms with Crippen LogP contribution in [0, 0.1) is 0 Å². The molecule has 0 aliphatic carbocycles. The number of nitrogens with one attached hydrogen (secondary N) is 1. The van der Waals surface area contributed by atoms with Crippen LogP contribution in [0.2, 0.25) is 0 Å². The van der Waals surface area contributed by atoms with E-state index in [0.717, 1.165) is 23.2 Å². The maximum Gasteiger partial charge on any atom is 0.254 e. The number of nitrogens with two attached hydrogens (primary N) is 1. The van der Waals surface area contributed by atoms with Gasteiger partial charge in [-0.3, -0.25) is 9.59 Å². The predicted octanol–water partition coefficient (Wildman–Crippen LogP) is 2.98. The molecule has 0 aromatic heterocycles. The predicted molar refractivity (Wildman–Crippen MR) is 105 cm³/mol. The highest BCUT2D eigenvalue weighted by Crippen LogP contribution is 2.24. The summed E-state index contributed by atoms with van der Waals surface area (Å²) in [5.41, 5.74) is 9.21. The molecule has 6 heteroatoms. The molecule has 3 N–H and O–H groups in total. The first-order valence-corrected chi connectivity index (χ1v) is 8.63. The van der Waals surface area contributed by atoms with E-state index in [1.165, 1.54) is 0 Å². The molecule has 0 fully saturated rings. The van der Waals surface area contributed by atoms with Gasteiger partial charge in [-0.2, -0.15) is 0 Å². The second-order valence-corrected chi connectivity index (χ2v) is 6.27. The zero-order valence-electron chi connectivity index (χ0n) is 14.6. The minimum absolute atomic E-state index is 0. The van der Waals surface area contributed by atoms with Crippen LogP contribution in [-0.2, 0) is 17.8 Å². The normalized spacial score (nSPS) is 12.6. The van der Waals surface area contributed by atoms with E-state index >= 15 is 0 Å². The largest absolute Gasteiger partial charge is 0.334 e. The third-order valence-corrected chi connectivity index (χ3v) is 4.38. The summed E-state index contributed by atoms with van der Waals surface area (Å²) < 4.78 is 0. The molecule has 26 heavy (non-hydrogen) atoms. The average molecular weight is 374 g/mol. The molecular weight excluding hydrogens is 350 g/mol. The monoisotopic (exact) mass is 373 g/mol. The first-order chi connectivity index (χ1) is 12.2. The van der Waals surface area contributed by atoms with Gasteiger partial charge < -0.3 is 16.0 Å². The lowest BCUT2D eigenvalue weighted by atomic mass is 9.99. The maximum atomic E-state index is 13.0. The fourth-order valence-corrected chi connectivity index (χ4v) is 3.04. The Hall–Kier alpha value is -2.37. The van der Waals surface area contributed by atoms with Crippen LogP contribution in [0.4, 0.5) is 5.69 Å². The average Bonchev–Trinajstić information content (AvgIpc) is 2.65. The van der Waals surface area contributed by atoms with Crippen LogP contribution in [0.3, 0.4) is 0 Å². The summed E-state index contributed by atoms with van der Waals surface area (Å²) in [5, 5.41) is 2.85. The van der Waals surface area contributed by atoms with E-state index in [9.17, 15) is 9.59 Å². The molecule has 2 aromatic rings. The van der Waals surface area contributed by atoms with E-state index in [-0.39, 0.29) is 24.2 Å². The van der Waals surface area contributed by atoms with Gasteiger partial charge in [0.05, 0.1) is 0 Å². The van der Waals surface area contributed by atoms with Gasteiger partial charge in [0.15, 0.2) is 0 Å². The number of rotatable bonds is 6. The SMILES string of the molecule is Cl.NCCCN(Cc1ccccc1)C(=O)c1ccc2c(c1)CCC(=O)N2. The number of anilines is 1. The van der Waals surface area contributed by atoms with Crippen molar-refractivity contribution >= 4 is 29.9 Å². The standard InChI is InChI=1S/C20H23N3O2.ClH/c21-11-4-12-23(14-15-5-2-1-3-6-15)20(25)17-7-9-18-16(13-17)8-10-19(24)22-18;/h1-3,5-7,9,13H,4,8,10-12,14,21H2,(H,22,24);1H. The molecule has 138 valence electrons. The van der Waals surface area contributed by atoms with E-state index < -0.39 is 0 Å². The summed E-state index contributed by atoms with van der Waals surface area (Å²) in [6.45, 7) is 1.74. The highest BCUT2D eigenvalue weighted by atomic mass is 35.5. The molecule has 0 saturated carbocycles. The molecule has 1 aliphatic heterocycles. The number of nitrogens with zero attached hydrogens (tertiary/aromatic N) is 1. The van der Waals surface area contributed by atoms with Gasteiger partial charge in [-0.05, 0) is 48.7 Å². The number of amides is 2. The van der Waals surface area contributed by atoms with Crippen LogP contribution in [0.5, 0.6) is 0 Å². The second-order valence-electron chi connectivity index (χ2n) is 6.27. The summed E-state index contributed by atoms with van der Waals surface area (Å²) in [6.07, 6.45) is 1.90. The van der Waals surface area contributed by atoms with Crippen LogP contribution in [-0.4, -0.2) is 29.8 Å². The second kappa shape index (κ2) is 9.36. The van der Waals surface area contributed by atoms with Crippen LogP contribution in [0.25, 0.3) is 0 Å². The van der Waals surface area contributed by atoms with Crippen molar-refractivity contribution in [3.8, 4) is 0 Å². The van der Waals surface area contributed by atoms with Gasteiger partial charge in [-0.25, -0.2) is 0 Å². The lowest BCUT2D eigenvalue weighted by molar-refractivity contribution is -0.116. The summed E-state index contributed by atoms with van der Waals surface area (Å²) in [6, 6.07) is 15.5. The number of fused-ring (bicyclic) bond motifs is 1. The molecule has 0 bridgehead atoms.